The van der Waals surface area contributed by atoms with Crippen LogP contribution in [0.5, 0.6) is 0 Å². The zero-order valence-electron chi connectivity index (χ0n) is 11.8. The van der Waals surface area contributed by atoms with E-state index in [2.05, 4.69) is 4.90 Å². The molecule has 0 aromatic carbocycles. The average Bonchev–Trinajstić information content (AvgIpc) is 2.88. The van der Waals surface area contributed by atoms with E-state index in [1.165, 1.54) is 19.3 Å². The first-order valence-electron chi connectivity index (χ1n) is 8.35. The molecule has 2 aliphatic heterocycles. The van der Waals surface area contributed by atoms with Crippen molar-refractivity contribution in [1.82, 2.24) is 9.80 Å². The topological polar surface area (TPSA) is 40.6 Å². The first kappa shape index (κ1) is 11.6. The van der Waals surface area contributed by atoms with Crippen LogP contribution >= 0.6 is 0 Å². The van der Waals surface area contributed by atoms with Gasteiger partial charge >= 0.3 is 0 Å². The molecule has 3 saturated carbocycles. The maximum Gasteiger partial charge on any atom is 0.245 e. The highest BCUT2D eigenvalue weighted by Crippen LogP contribution is 2.67. The van der Waals surface area contributed by atoms with E-state index in [1.54, 1.807) is 0 Å². The summed E-state index contributed by atoms with van der Waals surface area (Å²) in [4.78, 5) is 29.0. The first-order chi connectivity index (χ1) is 9.75. The third-order valence-electron chi connectivity index (χ3n) is 6.76. The molecule has 0 spiro atoms. The Kier molecular flexibility index (Phi) is 2.19. The van der Waals surface area contributed by atoms with Crippen molar-refractivity contribution in [3.05, 3.63) is 0 Å². The molecule has 5 rings (SSSR count). The van der Waals surface area contributed by atoms with Crippen LogP contribution in [-0.4, -0.2) is 46.8 Å². The van der Waals surface area contributed by atoms with Crippen molar-refractivity contribution >= 4 is 11.8 Å². The Morgan fingerprint density at radius 3 is 2.40 bits per heavy atom. The minimum Gasteiger partial charge on any atom is -0.337 e. The second kappa shape index (κ2) is 3.77. The van der Waals surface area contributed by atoms with E-state index in [9.17, 15) is 9.59 Å². The number of rotatable bonds is 1. The normalized spacial score (nSPS) is 49.4. The summed E-state index contributed by atoms with van der Waals surface area (Å²) in [5, 5.41) is 0. The number of carbonyl (C=O) groups excluding carboxylic acids is 2. The average molecular weight is 274 g/mol. The monoisotopic (exact) mass is 274 g/mol. The van der Waals surface area contributed by atoms with Crippen molar-refractivity contribution < 1.29 is 9.59 Å². The number of hydrogen-bond donors (Lipinski definition) is 0. The van der Waals surface area contributed by atoms with Crippen LogP contribution in [0.25, 0.3) is 0 Å². The lowest BCUT2D eigenvalue weighted by Gasteiger charge is -2.27. The highest BCUT2D eigenvalue weighted by Gasteiger charge is 2.67. The van der Waals surface area contributed by atoms with Gasteiger partial charge in [-0.1, -0.05) is 0 Å². The Morgan fingerprint density at radius 2 is 1.65 bits per heavy atom. The van der Waals surface area contributed by atoms with Gasteiger partial charge in [-0.05, 0) is 55.8 Å². The lowest BCUT2D eigenvalue weighted by molar-refractivity contribution is -0.140. The summed E-state index contributed by atoms with van der Waals surface area (Å²) >= 11 is 0. The van der Waals surface area contributed by atoms with E-state index in [1.807, 2.05) is 4.90 Å². The number of amides is 2. The summed E-state index contributed by atoms with van der Waals surface area (Å²) in [6.45, 7) is 1.48. The molecule has 0 N–H and O–H groups in total. The quantitative estimate of drug-likeness (QED) is 0.722. The fraction of sp³-hybridized carbons (Fsp3) is 0.875. The molecular formula is C16H22N2O2. The van der Waals surface area contributed by atoms with Gasteiger partial charge in [0, 0.05) is 25.6 Å². The van der Waals surface area contributed by atoms with Crippen molar-refractivity contribution in [2.24, 2.45) is 23.7 Å². The van der Waals surface area contributed by atoms with E-state index in [-0.39, 0.29) is 17.9 Å². The summed E-state index contributed by atoms with van der Waals surface area (Å²) in [6.07, 6.45) is 6.63. The molecule has 5 fully saturated rings. The summed E-state index contributed by atoms with van der Waals surface area (Å²) in [7, 11) is 0. The number of carbonyl (C=O) groups is 2. The van der Waals surface area contributed by atoms with Crippen molar-refractivity contribution in [2.75, 3.05) is 13.1 Å². The molecule has 5 unspecified atom stereocenters. The molecule has 108 valence electrons. The van der Waals surface area contributed by atoms with E-state index >= 15 is 0 Å². The highest BCUT2D eigenvalue weighted by molar-refractivity contribution is 5.91. The smallest absolute Gasteiger partial charge is 0.245 e. The van der Waals surface area contributed by atoms with E-state index in [0.717, 1.165) is 43.1 Å². The number of hydrogen-bond acceptors (Lipinski definition) is 2. The van der Waals surface area contributed by atoms with Gasteiger partial charge < -0.3 is 9.80 Å². The second-order valence-electron chi connectivity index (χ2n) is 7.51. The van der Waals surface area contributed by atoms with Gasteiger partial charge in [-0.25, -0.2) is 0 Å². The SMILES string of the molecule is O=C1CCN(C2C3C4CCC(C4)C32)C(=O)C2CCCN12. The second-order valence-corrected chi connectivity index (χ2v) is 7.51. The lowest BCUT2D eigenvalue weighted by atomic mass is 10.0. The van der Waals surface area contributed by atoms with Crippen LogP contribution in [-0.2, 0) is 9.59 Å². The molecule has 2 saturated heterocycles. The Labute approximate surface area is 119 Å². The van der Waals surface area contributed by atoms with Crippen LogP contribution < -0.4 is 0 Å². The third-order valence-corrected chi connectivity index (χ3v) is 6.76. The molecule has 0 aromatic rings. The molecule has 5 atom stereocenters. The van der Waals surface area contributed by atoms with Crippen LogP contribution in [0.2, 0.25) is 0 Å². The van der Waals surface area contributed by atoms with Gasteiger partial charge in [0.25, 0.3) is 0 Å². The van der Waals surface area contributed by atoms with Crippen molar-refractivity contribution in [1.29, 1.82) is 0 Å². The van der Waals surface area contributed by atoms with E-state index < -0.39 is 0 Å². The zero-order valence-corrected chi connectivity index (χ0v) is 11.8. The Balaban J connectivity index is 1.42. The van der Waals surface area contributed by atoms with Gasteiger partial charge in [0.2, 0.25) is 11.8 Å². The minimum absolute atomic E-state index is 0.121. The molecular weight excluding hydrogens is 252 g/mol. The minimum atomic E-state index is -0.121. The number of nitrogens with zero attached hydrogens (tertiary/aromatic N) is 2. The maximum atomic E-state index is 12.9. The largest absolute Gasteiger partial charge is 0.337 e. The first-order valence-corrected chi connectivity index (χ1v) is 8.35. The predicted molar refractivity (Wildman–Crippen MR) is 72.7 cm³/mol. The molecule has 0 aromatic heterocycles. The maximum absolute atomic E-state index is 12.9. The zero-order chi connectivity index (χ0) is 13.4. The van der Waals surface area contributed by atoms with Crippen LogP contribution in [0.3, 0.4) is 0 Å². The lowest BCUT2D eigenvalue weighted by Crippen LogP contribution is -2.45. The summed E-state index contributed by atoms with van der Waals surface area (Å²) in [5.74, 6) is 3.84. The van der Waals surface area contributed by atoms with Gasteiger partial charge in [0.15, 0.2) is 0 Å². The van der Waals surface area contributed by atoms with Crippen LogP contribution in [0.1, 0.15) is 38.5 Å². The standard InChI is InChI=1S/C16H22N2O2/c19-12-5-7-18(16(20)11-2-1-6-17(11)12)15-13-9-3-4-10(8-9)14(13)15/h9-11,13-15H,1-8H2. The molecule has 20 heavy (non-hydrogen) atoms. The van der Waals surface area contributed by atoms with Crippen LogP contribution in [0.4, 0.5) is 0 Å². The fourth-order valence-corrected chi connectivity index (χ4v) is 5.97. The molecule has 2 bridgehead atoms. The van der Waals surface area contributed by atoms with Crippen molar-refractivity contribution in [3.63, 3.8) is 0 Å². The molecule has 3 aliphatic carbocycles. The predicted octanol–water partition coefficient (Wildman–Crippen LogP) is 1.25. The molecule has 0 radical (unpaired) electrons. The Hall–Kier alpha value is -1.06. The number of fused-ring (bicyclic) bond motifs is 6. The van der Waals surface area contributed by atoms with Crippen molar-refractivity contribution in [2.45, 2.75) is 50.6 Å². The Bertz CT molecular complexity index is 475. The highest BCUT2D eigenvalue weighted by atomic mass is 16.2. The van der Waals surface area contributed by atoms with Gasteiger partial charge in [-0.15, -0.1) is 0 Å². The molecule has 5 aliphatic rings. The van der Waals surface area contributed by atoms with E-state index in [4.69, 9.17) is 0 Å². The fourth-order valence-electron chi connectivity index (χ4n) is 5.97. The molecule has 4 heteroatoms. The third kappa shape index (κ3) is 1.33. The molecule has 2 heterocycles. The molecule has 4 nitrogen and oxygen atoms in total. The summed E-state index contributed by atoms with van der Waals surface area (Å²) in [5.41, 5.74) is 0. The van der Waals surface area contributed by atoms with Gasteiger partial charge in [-0.3, -0.25) is 9.59 Å². The van der Waals surface area contributed by atoms with E-state index in [0.29, 0.717) is 19.0 Å². The van der Waals surface area contributed by atoms with Crippen LogP contribution in [0.15, 0.2) is 0 Å². The van der Waals surface area contributed by atoms with Gasteiger partial charge in [0.05, 0.1) is 0 Å². The Morgan fingerprint density at radius 1 is 0.900 bits per heavy atom. The molecule has 2 amide bonds. The van der Waals surface area contributed by atoms with Crippen molar-refractivity contribution in [3.8, 4) is 0 Å². The van der Waals surface area contributed by atoms with Gasteiger partial charge in [0.1, 0.15) is 6.04 Å². The summed E-state index contributed by atoms with van der Waals surface area (Å²) < 4.78 is 0. The summed E-state index contributed by atoms with van der Waals surface area (Å²) in [6, 6.07) is 0.381. The van der Waals surface area contributed by atoms with Crippen LogP contribution in [0, 0.1) is 23.7 Å². The van der Waals surface area contributed by atoms with Gasteiger partial charge in [-0.2, -0.15) is 0 Å².